The summed E-state index contributed by atoms with van der Waals surface area (Å²) in [5.74, 6) is 0.881. The zero-order valence-corrected chi connectivity index (χ0v) is 18.6. The van der Waals surface area contributed by atoms with Gasteiger partial charge in [0.05, 0.1) is 22.6 Å². The number of benzene rings is 2. The fourth-order valence-electron chi connectivity index (χ4n) is 2.69. The Labute approximate surface area is 181 Å². The van der Waals surface area contributed by atoms with Gasteiger partial charge in [0, 0.05) is 31.9 Å². The third kappa shape index (κ3) is 5.26. The first kappa shape index (κ1) is 21.8. The summed E-state index contributed by atoms with van der Waals surface area (Å²) in [4.78, 5) is 14.8. The molecular weight excluding hydrogens is 549 g/mol. The molecule has 4 nitrogen and oxygen atoms in total. The molecule has 0 atom stereocenters. The number of hydrogen-bond donors (Lipinski definition) is 1. The van der Waals surface area contributed by atoms with Gasteiger partial charge in [-0.1, -0.05) is 35.7 Å². The van der Waals surface area contributed by atoms with Crippen molar-refractivity contribution in [1.29, 1.82) is 0 Å². The number of allylic oxidation sites excluding steroid dienone is 2. The van der Waals surface area contributed by atoms with Crippen LogP contribution in [0, 0.1) is 5.38 Å². The maximum atomic E-state index is 10.0. The fraction of sp³-hybridized carbons (Fsp3) is 0.0909. The molecule has 145 valence electrons. The zero-order chi connectivity index (χ0) is 19.2. The van der Waals surface area contributed by atoms with Crippen LogP contribution in [0.15, 0.2) is 77.9 Å². The standard InChI is InChI=1S/C17H11N2S.C5H8O2.Ir/c1-2-6-14(7-3-1)19-16-9-5-4-8-15(16)18-17(19)13-10-11-20-12-13;1-4(6)3-5(2)7;/h1-11H;3,6H,1-2H3;/q-1;;/b;4-3-;. The van der Waals surface area contributed by atoms with Crippen molar-refractivity contribution in [2.24, 2.45) is 0 Å². The molecule has 0 unspecified atom stereocenters. The number of carbonyl (C=O) groups is 1. The van der Waals surface area contributed by atoms with Crippen LogP contribution in [0.5, 0.6) is 0 Å². The van der Waals surface area contributed by atoms with Crippen LogP contribution < -0.4 is 0 Å². The molecule has 0 aliphatic heterocycles. The van der Waals surface area contributed by atoms with Crippen molar-refractivity contribution in [3.63, 3.8) is 0 Å². The van der Waals surface area contributed by atoms with Crippen molar-refractivity contribution in [2.75, 3.05) is 0 Å². The average Bonchev–Trinajstić information content (AvgIpc) is 3.29. The number of aliphatic hydroxyl groups excluding tert-OH is 1. The van der Waals surface area contributed by atoms with E-state index >= 15 is 0 Å². The van der Waals surface area contributed by atoms with Crippen LogP contribution in [0.4, 0.5) is 0 Å². The van der Waals surface area contributed by atoms with Crippen LogP contribution >= 0.6 is 11.3 Å². The molecule has 4 rings (SSSR count). The molecule has 0 amide bonds. The van der Waals surface area contributed by atoms with Crippen LogP contribution in [0.25, 0.3) is 28.1 Å². The molecule has 0 aliphatic carbocycles. The Balaban J connectivity index is 0.000000306. The molecule has 28 heavy (non-hydrogen) atoms. The third-order valence-corrected chi connectivity index (χ3v) is 4.31. The normalized spacial score (nSPS) is 10.7. The van der Waals surface area contributed by atoms with Crippen LogP contribution in [0.2, 0.25) is 0 Å². The van der Waals surface area contributed by atoms with Gasteiger partial charge in [-0.2, -0.15) is 6.07 Å². The van der Waals surface area contributed by atoms with Crippen molar-refractivity contribution in [1.82, 2.24) is 9.55 Å². The predicted octanol–water partition coefficient (Wildman–Crippen LogP) is 5.59. The second-order valence-electron chi connectivity index (χ2n) is 5.93. The van der Waals surface area contributed by atoms with Crippen molar-refractivity contribution < 1.29 is 30.0 Å². The number of carbonyl (C=O) groups excluding carboxylic acids is 1. The fourth-order valence-corrected chi connectivity index (χ4v) is 3.25. The summed E-state index contributed by atoms with van der Waals surface area (Å²) in [6.07, 6.45) is 1.17. The van der Waals surface area contributed by atoms with Gasteiger partial charge >= 0.3 is 0 Å². The van der Waals surface area contributed by atoms with E-state index in [9.17, 15) is 4.79 Å². The number of nitrogens with zero attached hydrogens (tertiary/aromatic N) is 2. The summed E-state index contributed by atoms with van der Waals surface area (Å²) < 4.78 is 2.19. The number of aliphatic hydroxyl groups is 1. The van der Waals surface area contributed by atoms with Gasteiger partial charge in [0.25, 0.3) is 0 Å². The number of fused-ring (bicyclic) bond motifs is 1. The van der Waals surface area contributed by atoms with E-state index in [4.69, 9.17) is 10.1 Å². The summed E-state index contributed by atoms with van der Waals surface area (Å²) >= 11 is 1.57. The second kappa shape index (κ2) is 10.1. The Bertz CT molecular complexity index is 1070. The molecule has 0 bridgehead atoms. The molecule has 2 aromatic heterocycles. The summed E-state index contributed by atoms with van der Waals surface area (Å²) in [6, 6.07) is 20.6. The van der Waals surface area contributed by atoms with Crippen LogP contribution in [-0.2, 0) is 24.9 Å². The quantitative estimate of drug-likeness (QED) is 0.200. The van der Waals surface area contributed by atoms with Gasteiger partial charge in [0.2, 0.25) is 0 Å². The molecule has 0 aliphatic rings. The average molecular weight is 568 g/mol. The van der Waals surface area contributed by atoms with E-state index in [0.717, 1.165) is 28.1 Å². The molecule has 2 aromatic carbocycles. The number of para-hydroxylation sites is 3. The Morgan fingerprint density at radius 1 is 1.07 bits per heavy atom. The molecular formula is C22H19IrN2O2S-. The number of thiophene rings is 1. The van der Waals surface area contributed by atoms with Crippen molar-refractivity contribution in [3.05, 3.63) is 83.3 Å². The van der Waals surface area contributed by atoms with Crippen molar-refractivity contribution in [2.45, 2.75) is 13.8 Å². The largest absolute Gasteiger partial charge is 0.512 e. The zero-order valence-electron chi connectivity index (χ0n) is 15.4. The van der Waals surface area contributed by atoms with E-state index in [2.05, 4.69) is 34.2 Å². The van der Waals surface area contributed by atoms with Crippen LogP contribution in [0.3, 0.4) is 0 Å². The van der Waals surface area contributed by atoms with E-state index in [0.29, 0.717) is 0 Å². The Hall–Kier alpha value is -2.53. The van der Waals surface area contributed by atoms with Gasteiger partial charge in [-0.3, -0.25) is 21.1 Å². The number of ketones is 1. The van der Waals surface area contributed by atoms with Crippen LogP contribution in [0.1, 0.15) is 13.8 Å². The first-order valence-corrected chi connectivity index (χ1v) is 9.30. The Morgan fingerprint density at radius 3 is 2.32 bits per heavy atom. The number of aromatic nitrogens is 2. The molecule has 4 aromatic rings. The smallest absolute Gasteiger partial charge is 0.155 e. The van der Waals surface area contributed by atoms with Gasteiger partial charge < -0.3 is 9.67 Å². The molecule has 1 N–H and O–H groups in total. The van der Waals surface area contributed by atoms with Gasteiger partial charge in [0.1, 0.15) is 0 Å². The SMILES string of the molecule is CC(=O)/C=C(/C)O.[Ir].[c-]1sccc1-c1nc2ccccc2n1-c1ccccc1. The molecule has 2 heterocycles. The van der Waals surface area contributed by atoms with Crippen LogP contribution in [-0.4, -0.2) is 20.4 Å². The number of imidazole rings is 1. The maximum Gasteiger partial charge on any atom is 0.155 e. The first-order chi connectivity index (χ1) is 13.1. The second-order valence-corrected chi connectivity index (χ2v) is 6.64. The van der Waals surface area contributed by atoms with Crippen molar-refractivity contribution >= 4 is 28.2 Å². The topological polar surface area (TPSA) is 55.1 Å². The van der Waals surface area contributed by atoms with Gasteiger partial charge in [0.15, 0.2) is 5.78 Å². The number of rotatable bonds is 3. The van der Waals surface area contributed by atoms with Gasteiger partial charge in [-0.15, -0.1) is 10.9 Å². The third-order valence-electron chi connectivity index (χ3n) is 3.70. The van der Waals surface area contributed by atoms with E-state index < -0.39 is 0 Å². The first-order valence-electron chi connectivity index (χ1n) is 8.42. The van der Waals surface area contributed by atoms with Gasteiger partial charge in [-0.25, -0.2) is 0 Å². The van der Waals surface area contributed by atoms with E-state index in [-0.39, 0.29) is 31.6 Å². The van der Waals surface area contributed by atoms with E-state index in [1.807, 2.05) is 41.8 Å². The predicted molar refractivity (Wildman–Crippen MR) is 110 cm³/mol. The van der Waals surface area contributed by atoms with E-state index in [1.165, 1.54) is 19.9 Å². The number of hydrogen-bond acceptors (Lipinski definition) is 4. The molecule has 0 fully saturated rings. The summed E-state index contributed by atoms with van der Waals surface area (Å²) in [5, 5.41) is 13.7. The molecule has 6 heteroatoms. The monoisotopic (exact) mass is 568 g/mol. The summed E-state index contributed by atoms with van der Waals surface area (Å²) in [5.41, 5.74) is 4.28. The minimum absolute atomic E-state index is 0. The molecule has 0 spiro atoms. The molecule has 0 saturated carbocycles. The van der Waals surface area contributed by atoms with Crippen molar-refractivity contribution in [3.8, 4) is 17.1 Å². The van der Waals surface area contributed by atoms with Gasteiger partial charge in [-0.05, 0) is 38.1 Å². The molecule has 1 radical (unpaired) electrons. The minimum atomic E-state index is -0.125. The minimum Gasteiger partial charge on any atom is -0.512 e. The summed E-state index contributed by atoms with van der Waals surface area (Å²) in [7, 11) is 0. The maximum absolute atomic E-state index is 10.0. The Kier molecular flexibility index (Phi) is 7.88. The Morgan fingerprint density at radius 2 is 1.75 bits per heavy atom. The van der Waals surface area contributed by atoms with E-state index in [1.54, 1.807) is 11.3 Å². The molecule has 0 saturated heterocycles. The summed E-state index contributed by atoms with van der Waals surface area (Å²) in [6.45, 7) is 2.85.